The predicted molar refractivity (Wildman–Crippen MR) is 101 cm³/mol. The first-order valence-electron chi connectivity index (χ1n) is 8.56. The third kappa shape index (κ3) is 2.80. The van der Waals surface area contributed by atoms with Gasteiger partial charge in [-0.2, -0.15) is 5.21 Å². The van der Waals surface area contributed by atoms with Crippen molar-refractivity contribution in [2.24, 2.45) is 5.73 Å². The Hall–Kier alpha value is -3.07. The molecule has 1 unspecified atom stereocenters. The van der Waals surface area contributed by atoms with Gasteiger partial charge in [-0.3, -0.25) is 9.59 Å². The first kappa shape index (κ1) is 17.3. The zero-order valence-corrected chi connectivity index (χ0v) is 15.3. The molecule has 1 aliphatic rings. The van der Waals surface area contributed by atoms with E-state index in [1.165, 1.54) is 0 Å². The minimum absolute atomic E-state index is 0.0253. The van der Waals surface area contributed by atoms with Gasteiger partial charge in [-0.25, -0.2) is 0 Å². The SMILES string of the molecule is NC(=O)c1c(N)sc2c1CCC(CCc1nn[nH]n1)(c1ccccc1)C2=O. The number of aromatic amines is 1. The van der Waals surface area contributed by atoms with E-state index >= 15 is 0 Å². The van der Waals surface area contributed by atoms with Crippen molar-refractivity contribution in [1.82, 2.24) is 20.6 Å². The second-order valence-corrected chi connectivity index (χ2v) is 7.67. The van der Waals surface area contributed by atoms with E-state index in [0.717, 1.165) is 16.9 Å². The van der Waals surface area contributed by atoms with Crippen LogP contribution in [0.15, 0.2) is 30.3 Å². The van der Waals surface area contributed by atoms with Gasteiger partial charge >= 0.3 is 0 Å². The summed E-state index contributed by atoms with van der Waals surface area (Å²) in [6.07, 6.45) is 2.18. The number of benzene rings is 1. The summed E-state index contributed by atoms with van der Waals surface area (Å²) in [5, 5.41) is 14.3. The molecule has 1 atom stereocenters. The number of hydrogen-bond acceptors (Lipinski definition) is 7. The second kappa shape index (κ2) is 6.58. The van der Waals surface area contributed by atoms with E-state index in [1.807, 2.05) is 30.3 Å². The summed E-state index contributed by atoms with van der Waals surface area (Å²) in [6.45, 7) is 0. The number of nitrogens with two attached hydrogens (primary N) is 2. The highest BCUT2D eigenvalue weighted by atomic mass is 32.1. The van der Waals surface area contributed by atoms with Crippen molar-refractivity contribution in [1.29, 1.82) is 0 Å². The van der Waals surface area contributed by atoms with Gasteiger partial charge in [0.05, 0.1) is 20.9 Å². The zero-order chi connectivity index (χ0) is 19.0. The number of H-pyrrole nitrogens is 1. The molecule has 9 heteroatoms. The number of thiophene rings is 1. The Labute approximate surface area is 159 Å². The number of fused-ring (bicyclic) bond motifs is 1. The standard InChI is InChI=1S/C18H18N6O2S/c19-16(26)13-11-6-8-18(10-4-2-1-3-5-10,9-7-12-21-23-24-22-12)15(25)14(11)27-17(13)20/h1-5H,6-9,20H2,(H2,19,26)(H,21,22,23,24). The van der Waals surface area contributed by atoms with Crippen LogP contribution in [0.25, 0.3) is 0 Å². The number of amides is 1. The number of carbonyl (C=O) groups is 2. The smallest absolute Gasteiger partial charge is 0.251 e. The van der Waals surface area contributed by atoms with Gasteiger partial charge in [-0.1, -0.05) is 35.5 Å². The maximum absolute atomic E-state index is 13.6. The monoisotopic (exact) mass is 382 g/mol. The van der Waals surface area contributed by atoms with Crippen LogP contribution in [0.3, 0.4) is 0 Å². The van der Waals surface area contributed by atoms with E-state index in [1.54, 1.807) is 0 Å². The number of aromatic nitrogens is 4. The minimum atomic E-state index is -0.721. The van der Waals surface area contributed by atoms with Crippen LogP contribution in [0, 0.1) is 0 Å². The normalized spacial score (nSPS) is 19.0. The van der Waals surface area contributed by atoms with Crippen LogP contribution in [-0.4, -0.2) is 32.3 Å². The molecule has 5 N–H and O–H groups in total. The highest BCUT2D eigenvalue weighted by molar-refractivity contribution is 7.18. The lowest BCUT2D eigenvalue weighted by molar-refractivity contribution is 0.0854. The summed E-state index contributed by atoms with van der Waals surface area (Å²) in [4.78, 5) is 25.9. The molecule has 1 amide bonds. The van der Waals surface area contributed by atoms with Gasteiger partial charge in [-0.15, -0.1) is 21.5 Å². The first-order chi connectivity index (χ1) is 13.0. The van der Waals surface area contributed by atoms with Crippen molar-refractivity contribution in [3.63, 3.8) is 0 Å². The minimum Gasteiger partial charge on any atom is -0.390 e. The van der Waals surface area contributed by atoms with E-state index in [-0.39, 0.29) is 5.78 Å². The summed E-state index contributed by atoms with van der Waals surface area (Å²) >= 11 is 1.15. The third-order valence-corrected chi connectivity index (χ3v) is 6.27. The Bertz CT molecular complexity index is 999. The number of hydrogen-bond donors (Lipinski definition) is 3. The average Bonchev–Trinajstić information content (AvgIpc) is 3.29. The highest BCUT2D eigenvalue weighted by Crippen LogP contribution is 2.46. The molecule has 0 radical (unpaired) electrons. The molecule has 1 aliphatic carbocycles. The number of aryl methyl sites for hydroxylation is 1. The molecule has 3 aromatic rings. The highest BCUT2D eigenvalue weighted by Gasteiger charge is 2.46. The van der Waals surface area contributed by atoms with E-state index in [9.17, 15) is 9.59 Å². The fourth-order valence-corrected chi connectivity index (χ4v) is 5.04. The van der Waals surface area contributed by atoms with Crippen LogP contribution in [0.5, 0.6) is 0 Å². The molecule has 2 heterocycles. The Morgan fingerprint density at radius 1 is 1.30 bits per heavy atom. The van der Waals surface area contributed by atoms with E-state index in [2.05, 4.69) is 20.6 Å². The summed E-state index contributed by atoms with van der Waals surface area (Å²) in [6, 6.07) is 9.69. The van der Waals surface area contributed by atoms with Crippen LogP contribution in [-0.2, 0) is 18.3 Å². The molecule has 0 bridgehead atoms. The summed E-state index contributed by atoms with van der Waals surface area (Å²) < 4.78 is 0. The first-order valence-corrected chi connectivity index (χ1v) is 9.38. The number of anilines is 1. The lowest BCUT2D eigenvalue weighted by atomic mass is 9.66. The number of Topliss-reactive ketones (excluding diaryl/α,β-unsaturated/α-hetero) is 1. The van der Waals surface area contributed by atoms with Crippen LogP contribution in [0.4, 0.5) is 5.00 Å². The van der Waals surface area contributed by atoms with Crippen molar-refractivity contribution in [3.05, 3.63) is 57.7 Å². The summed E-state index contributed by atoms with van der Waals surface area (Å²) in [7, 11) is 0. The number of nitrogens with one attached hydrogen (secondary N) is 1. The summed E-state index contributed by atoms with van der Waals surface area (Å²) in [5.74, 6) is -0.0492. The Morgan fingerprint density at radius 2 is 2.07 bits per heavy atom. The van der Waals surface area contributed by atoms with Gasteiger partial charge in [0.1, 0.15) is 0 Å². The maximum atomic E-state index is 13.6. The van der Waals surface area contributed by atoms with Crippen molar-refractivity contribution in [2.75, 3.05) is 5.73 Å². The maximum Gasteiger partial charge on any atom is 0.251 e. The number of carbonyl (C=O) groups excluding carboxylic acids is 2. The number of tetrazole rings is 1. The predicted octanol–water partition coefficient (Wildman–Crippen LogP) is 1.64. The Balaban J connectivity index is 1.79. The quantitative estimate of drug-likeness (QED) is 0.612. The Morgan fingerprint density at radius 3 is 2.74 bits per heavy atom. The van der Waals surface area contributed by atoms with Gasteiger partial charge in [0, 0.05) is 6.42 Å². The molecule has 1 aromatic carbocycles. The number of nitrogens with zero attached hydrogens (tertiary/aromatic N) is 3. The molecular formula is C18H18N6O2S. The molecular weight excluding hydrogens is 364 g/mol. The van der Waals surface area contributed by atoms with Crippen LogP contribution in [0.2, 0.25) is 0 Å². The lowest BCUT2D eigenvalue weighted by Gasteiger charge is -2.36. The van der Waals surface area contributed by atoms with E-state index < -0.39 is 11.3 Å². The molecule has 0 spiro atoms. The molecule has 2 aromatic heterocycles. The molecule has 4 rings (SSSR count). The van der Waals surface area contributed by atoms with Crippen LogP contribution < -0.4 is 11.5 Å². The summed E-state index contributed by atoms with van der Waals surface area (Å²) in [5.41, 5.74) is 12.7. The van der Waals surface area contributed by atoms with Crippen LogP contribution >= 0.6 is 11.3 Å². The molecule has 138 valence electrons. The topological polar surface area (TPSA) is 141 Å². The van der Waals surface area contributed by atoms with Gasteiger partial charge in [-0.05, 0) is 30.4 Å². The molecule has 27 heavy (non-hydrogen) atoms. The molecule has 8 nitrogen and oxygen atoms in total. The zero-order valence-electron chi connectivity index (χ0n) is 14.4. The molecule has 0 fully saturated rings. The molecule has 0 saturated carbocycles. The van der Waals surface area contributed by atoms with Gasteiger partial charge in [0.25, 0.3) is 5.91 Å². The fraction of sp³-hybridized carbons (Fsp3) is 0.278. The lowest BCUT2D eigenvalue weighted by Crippen LogP contribution is -2.40. The molecule has 0 saturated heterocycles. The van der Waals surface area contributed by atoms with Gasteiger partial charge < -0.3 is 11.5 Å². The van der Waals surface area contributed by atoms with Crippen molar-refractivity contribution < 1.29 is 9.59 Å². The second-order valence-electron chi connectivity index (χ2n) is 6.62. The van der Waals surface area contributed by atoms with Gasteiger partial charge in [0.15, 0.2) is 11.6 Å². The third-order valence-electron chi connectivity index (χ3n) is 5.21. The van der Waals surface area contributed by atoms with Gasteiger partial charge in [0.2, 0.25) is 0 Å². The van der Waals surface area contributed by atoms with Crippen molar-refractivity contribution in [2.45, 2.75) is 31.1 Å². The average molecular weight is 382 g/mol. The largest absolute Gasteiger partial charge is 0.390 e. The number of nitrogen functional groups attached to an aromatic ring is 1. The van der Waals surface area contributed by atoms with E-state index in [4.69, 9.17) is 11.5 Å². The number of rotatable bonds is 5. The fourth-order valence-electron chi connectivity index (χ4n) is 3.88. The van der Waals surface area contributed by atoms with E-state index in [0.29, 0.717) is 52.5 Å². The van der Waals surface area contributed by atoms with Crippen LogP contribution in [0.1, 0.15) is 49.8 Å². The van der Waals surface area contributed by atoms with Crippen molar-refractivity contribution >= 4 is 28.0 Å². The van der Waals surface area contributed by atoms with Crippen molar-refractivity contribution in [3.8, 4) is 0 Å². The Kier molecular flexibility index (Phi) is 4.23. The number of ketones is 1. The number of primary amides is 1. The molecule has 0 aliphatic heterocycles.